The molecule has 0 aliphatic carbocycles. The van der Waals surface area contributed by atoms with E-state index in [4.69, 9.17) is 15.9 Å². The maximum absolute atomic E-state index is 10.7. The molecular weight excluding hydrogens is 164 g/mol. The van der Waals surface area contributed by atoms with Crippen LogP contribution in [0.25, 0.3) is 0 Å². The highest BCUT2D eigenvalue weighted by molar-refractivity contribution is 5.85. The fourth-order valence-corrected chi connectivity index (χ4v) is 1.10. The van der Waals surface area contributed by atoms with Crippen molar-refractivity contribution >= 4 is 12.2 Å². The van der Waals surface area contributed by atoms with Crippen LogP contribution >= 0.6 is 0 Å². The standard InChI is InChI=1S/C6H10N2O4/c7-2(1-9)3-4(10)5(11)6(12)8-3/h1-5,10-11H,7H2,(H,8,12). The van der Waals surface area contributed by atoms with Gasteiger partial charge < -0.3 is 26.1 Å². The van der Waals surface area contributed by atoms with E-state index in [0.717, 1.165) is 0 Å². The molecule has 1 aliphatic rings. The molecule has 1 aliphatic heterocycles. The van der Waals surface area contributed by atoms with Crippen LogP contribution in [0.5, 0.6) is 0 Å². The van der Waals surface area contributed by atoms with Crippen LogP contribution in [0.4, 0.5) is 0 Å². The van der Waals surface area contributed by atoms with Gasteiger partial charge in [-0.2, -0.15) is 0 Å². The highest BCUT2D eigenvalue weighted by atomic mass is 16.3. The Hall–Kier alpha value is -0.980. The number of aliphatic hydroxyl groups excluding tert-OH is 2. The predicted octanol–water partition coefficient (Wildman–Crippen LogP) is -3.27. The number of nitrogens with two attached hydrogens (primary N) is 1. The summed E-state index contributed by atoms with van der Waals surface area (Å²) in [7, 11) is 0. The SMILES string of the molecule is NC(C=O)C1NC(=O)C(O)C1O. The summed E-state index contributed by atoms with van der Waals surface area (Å²) in [6.45, 7) is 0. The molecule has 1 saturated heterocycles. The number of carbonyl (C=O) groups excluding carboxylic acids is 2. The lowest BCUT2D eigenvalue weighted by Crippen LogP contribution is -2.49. The van der Waals surface area contributed by atoms with Crippen molar-refractivity contribution in [2.75, 3.05) is 0 Å². The van der Waals surface area contributed by atoms with Gasteiger partial charge in [-0.1, -0.05) is 0 Å². The van der Waals surface area contributed by atoms with E-state index in [1.807, 2.05) is 0 Å². The van der Waals surface area contributed by atoms with Crippen molar-refractivity contribution in [1.29, 1.82) is 0 Å². The maximum Gasteiger partial charge on any atom is 0.252 e. The Labute approximate surface area is 68.4 Å². The molecule has 0 spiro atoms. The maximum atomic E-state index is 10.7. The normalized spacial score (nSPS) is 37.6. The topological polar surface area (TPSA) is 113 Å². The minimum absolute atomic E-state index is 0.409. The van der Waals surface area contributed by atoms with Gasteiger partial charge >= 0.3 is 0 Å². The lowest BCUT2D eigenvalue weighted by atomic mass is 10.1. The molecule has 12 heavy (non-hydrogen) atoms. The first-order chi connectivity index (χ1) is 5.57. The molecular formula is C6H10N2O4. The predicted molar refractivity (Wildman–Crippen MR) is 38.0 cm³/mol. The Morgan fingerprint density at radius 1 is 1.58 bits per heavy atom. The molecule has 68 valence electrons. The summed E-state index contributed by atoms with van der Waals surface area (Å²) in [6.07, 6.45) is -2.38. The highest BCUT2D eigenvalue weighted by Gasteiger charge is 2.42. The summed E-state index contributed by atoms with van der Waals surface area (Å²) in [4.78, 5) is 20.9. The number of hydrogen-bond acceptors (Lipinski definition) is 5. The van der Waals surface area contributed by atoms with Gasteiger partial charge in [0.05, 0.1) is 12.1 Å². The van der Waals surface area contributed by atoms with Gasteiger partial charge in [0, 0.05) is 0 Å². The van der Waals surface area contributed by atoms with Crippen LogP contribution in [0.2, 0.25) is 0 Å². The van der Waals surface area contributed by atoms with Gasteiger partial charge in [0.1, 0.15) is 12.4 Å². The molecule has 1 rings (SSSR count). The lowest BCUT2D eigenvalue weighted by molar-refractivity contribution is -0.128. The van der Waals surface area contributed by atoms with Gasteiger partial charge in [-0.15, -0.1) is 0 Å². The zero-order valence-electron chi connectivity index (χ0n) is 6.18. The van der Waals surface area contributed by atoms with Crippen molar-refractivity contribution in [3.63, 3.8) is 0 Å². The highest BCUT2D eigenvalue weighted by Crippen LogP contribution is 2.10. The van der Waals surface area contributed by atoms with Gasteiger partial charge in [-0.05, 0) is 0 Å². The van der Waals surface area contributed by atoms with Crippen LogP contribution in [-0.4, -0.2) is 46.7 Å². The summed E-state index contributed by atoms with van der Waals surface area (Å²) >= 11 is 0. The molecule has 4 unspecified atom stereocenters. The first-order valence-corrected chi connectivity index (χ1v) is 3.45. The molecule has 0 aromatic carbocycles. The molecule has 0 aromatic heterocycles. The molecule has 1 heterocycles. The molecule has 1 fully saturated rings. The average Bonchev–Trinajstić information content (AvgIpc) is 2.32. The minimum Gasteiger partial charge on any atom is -0.388 e. The zero-order chi connectivity index (χ0) is 9.30. The van der Waals surface area contributed by atoms with E-state index >= 15 is 0 Å². The van der Waals surface area contributed by atoms with Crippen molar-refractivity contribution in [3.8, 4) is 0 Å². The molecule has 6 heteroatoms. The monoisotopic (exact) mass is 174 g/mol. The first kappa shape index (κ1) is 9.11. The Kier molecular flexibility index (Phi) is 2.41. The Morgan fingerprint density at radius 3 is 2.50 bits per heavy atom. The zero-order valence-corrected chi connectivity index (χ0v) is 6.18. The van der Waals surface area contributed by atoms with Gasteiger partial charge in [-0.3, -0.25) is 4.79 Å². The van der Waals surface area contributed by atoms with E-state index in [-0.39, 0.29) is 0 Å². The number of nitrogens with one attached hydrogen (secondary N) is 1. The van der Waals surface area contributed by atoms with E-state index in [1.54, 1.807) is 0 Å². The Balaban J connectivity index is 2.70. The van der Waals surface area contributed by atoms with E-state index in [1.165, 1.54) is 0 Å². The lowest BCUT2D eigenvalue weighted by Gasteiger charge is -2.16. The van der Waals surface area contributed by atoms with Crippen molar-refractivity contribution in [3.05, 3.63) is 0 Å². The second-order valence-electron chi connectivity index (χ2n) is 2.68. The molecule has 0 bridgehead atoms. The van der Waals surface area contributed by atoms with Crippen molar-refractivity contribution < 1.29 is 19.8 Å². The van der Waals surface area contributed by atoms with E-state index in [2.05, 4.69) is 5.32 Å². The number of aldehydes is 1. The number of aliphatic hydroxyl groups is 2. The fourth-order valence-electron chi connectivity index (χ4n) is 1.10. The average molecular weight is 174 g/mol. The molecule has 5 N–H and O–H groups in total. The van der Waals surface area contributed by atoms with E-state index in [0.29, 0.717) is 6.29 Å². The van der Waals surface area contributed by atoms with E-state index in [9.17, 15) is 9.59 Å². The minimum atomic E-state index is -1.49. The summed E-state index contributed by atoms with van der Waals surface area (Å²) < 4.78 is 0. The third kappa shape index (κ3) is 1.31. The van der Waals surface area contributed by atoms with Crippen LogP contribution in [0.15, 0.2) is 0 Å². The molecule has 4 atom stereocenters. The number of hydrogen-bond donors (Lipinski definition) is 4. The number of rotatable bonds is 2. The van der Waals surface area contributed by atoms with Crippen molar-refractivity contribution in [2.45, 2.75) is 24.3 Å². The second-order valence-corrected chi connectivity index (χ2v) is 2.68. The smallest absolute Gasteiger partial charge is 0.252 e. The van der Waals surface area contributed by atoms with Crippen LogP contribution in [0, 0.1) is 0 Å². The Morgan fingerprint density at radius 2 is 2.17 bits per heavy atom. The third-order valence-electron chi connectivity index (χ3n) is 1.84. The number of amides is 1. The van der Waals surface area contributed by atoms with E-state index < -0.39 is 30.2 Å². The summed E-state index contributed by atoms with van der Waals surface area (Å²) in [5.41, 5.74) is 5.24. The van der Waals surface area contributed by atoms with Crippen LogP contribution in [-0.2, 0) is 9.59 Å². The van der Waals surface area contributed by atoms with Crippen LogP contribution < -0.4 is 11.1 Å². The van der Waals surface area contributed by atoms with Gasteiger partial charge in [0.2, 0.25) is 0 Å². The van der Waals surface area contributed by atoms with Crippen molar-refractivity contribution in [1.82, 2.24) is 5.32 Å². The van der Waals surface area contributed by atoms with Crippen LogP contribution in [0.1, 0.15) is 0 Å². The summed E-state index contributed by atoms with van der Waals surface area (Å²) in [5.74, 6) is -0.704. The Bertz CT molecular complexity index is 208. The molecule has 0 saturated carbocycles. The fraction of sp³-hybridized carbons (Fsp3) is 0.667. The molecule has 6 nitrogen and oxygen atoms in total. The molecule has 1 amide bonds. The third-order valence-corrected chi connectivity index (χ3v) is 1.84. The summed E-state index contributed by atoms with van der Waals surface area (Å²) in [6, 6.07) is -1.87. The quantitative estimate of drug-likeness (QED) is 0.328. The largest absolute Gasteiger partial charge is 0.388 e. The van der Waals surface area contributed by atoms with Gasteiger partial charge in [0.15, 0.2) is 6.10 Å². The van der Waals surface area contributed by atoms with Gasteiger partial charge in [0.25, 0.3) is 5.91 Å². The number of carbonyl (C=O) groups is 2. The first-order valence-electron chi connectivity index (χ1n) is 3.45. The molecule has 0 radical (unpaired) electrons. The molecule has 0 aromatic rings. The summed E-state index contributed by atoms with van der Waals surface area (Å²) in [5, 5.41) is 20.3. The van der Waals surface area contributed by atoms with Crippen molar-refractivity contribution in [2.24, 2.45) is 5.73 Å². The van der Waals surface area contributed by atoms with Gasteiger partial charge in [-0.25, -0.2) is 0 Å². The van der Waals surface area contributed by atoms with Crippen LogP contribution in [0.3, 0.4) is 0 Å². The second kappa shape index (κ2) is 3.18.